The van der Waals surface area contributed by atoms with E-state index in [0.717, 1.165) is 0 Å². The van der Waals surface area contributed by atoms with Crippen molar-refractivity contribution in [2.45, 2.75) is 0 Å². The van der Waals surface area contributed by atoms with Crippen LogP contribution in [0.1, 0.15) is 5.69 Å². The molecule has 0 bridgehead atoms. The third-order valence-electron chi connectivity index (χ3n) is 2.22. The van der Waals surface area contributed by atoms with Crippen LogP contribution < -0.4 is 10.1 Å². The van der Waals surface area contributed by atoms with Crippen LogP contribution in [0.5, 0.6) is 5.88 Å². The Morgan fingerprint density at radius 1 is 1.55 bits per heavy atom. The number of hydrogen-bond donors (Lipinski definition) is 1. The summed E-state index contributed by atoms with van der Waals surface area (Å²) < 4.78 is 22.9. The number of aliphatic imine (C=N–C) groups is 1. The predicted octanol–water partition coefficient (Wildman–Crippen LogP) is 2.32. The van der Waals surface area contributed by atoms with Gasteiger partial charge in [0, 0.05) is 5.69 Å². The summed E-state index contributed by atoms with van der Waals surface area (Å²) in [6.07, 6.45) is 1.63. The van der Waals surface area contributed by atoms with Crippen LogP contribution in [0.4, 0.5) is 10.1 Å². The minimum Gasteiger partial charge on any atom is -0.477 e. The maximum Gasteiger partial charge on any atom is 0.286 e. The molecule has 1 heterocycles. The van der Waals surface area contributed by atoms with Gasteiger partial charge in [-0.1, -0.05) is 0 Å². The quantitative estimate of drug-likeness (QED) is 0.523. The fourth-order valence-corrected chi connectivity index (χ4v) is 1.74. The third kappa shape index (κ3) is 2.92. The van der Waals surface area contributed by atoms with E-state index in [9.17, 15) is 4.39 Å². The van der Waals surface area contributed by atoms with Crippen molar-refractivity contribution in [1.29, 1.82) is 5.26 Å². The minimum absolute atomic E-state index is 0.0732. The van der Waals surface area contributed by atoms with Gasteiger partial charge in [0.1, 0.15) is 5.82 Å². The van der Waals surface area contributed by atoms with Crippen LogP contribution in [0.15, 0.2) is 32.3 Å². The number of rotatable bonds is 3. The van der Waals surface area contributed by atoms with Gasteiger partial charge in [-0.25, -0.2) is 9.02 Å². The molecule has 0 atom stereocenters. The van der Waals surface area contributed by atoms with Crippen LogP contribution in [-0.4, -0.2) is 23.3 Å². The van der Waals surface area contributed by atoms with Crippen molar-refractivity contribution in [2.24, 2.45) is 4.99 Å². The molecule has 1 aromatic heterocycles. The van der Waals surface area contributed by atoms with Gasteiger partial charge < -0.3 is 10.1 Å². The minimum atomic E-state index is -0.407. The molecule has 0 spiro atoms. The van der Waals surface area contributed by atoms with Crippen molar-refractivity contribution in [3.8, 4) is 12.1 Å². The number of nitrogens with one attached hydrogen (secondary N) is 1. The Balaban J connectivity index is 2.34. The van der Waals surface area contributed by atoms with Crippen molar-refractivity contribution in [3.05, 3.63) is 34.2 Å². The zero-order chi connectivity index (χ0) is 14.5. The molecule has 102 valence electrons. The molecule has 0 unspecified atom stereocenters. The Morgan fingerprint density at radius 3 is 3.00 bits per heavy atom. The summed E-state index contributed by atoms with van der Waals surface area (Å²) in [6, 6.07) is 4.23. The molecule has 7 nitrogen and oxygen atoms in total. The maximum atomic E-state index is 13.2. The predicted molar refractivity (Wildman–Crippen MR) is 70.7 cm³/mol. The van der Waals surface area contributed by atoms with Crippen LogP contribution in [0.3, 0.4) is 0 Å². The molecule has 0 aliphatic heterocycles. The second kappa shape index (κ2) is 6.12. The highest BCUT2D eigenvalue weighted by atomic mass is 79.9. The number of ether oxygens (including phenoxy) is 1. The molecule has 2 aromatic rings. The average molecular weight is 340 g/mol. The molecule has 1 aromatic carbocycles. The lowest BCUT2D eigenvalue weighted by Gasteiger charge is -2.07. The van der Waals surface area contributed by atoms with Gasteiger partial charge in [-0.2, -0.15) is 10.3 Å². The van der Waals surface area contributed by atoms with Gasteiger partial charge in [-0.15, -0.1) is 0 Å². The summed E-state index contributed by atoms with van der Waals surface area (Å²) in [5.74, 6) is -0.258. The van der Waals surface area contributed by atoms with E-state index in [0.29, 0.717) is 5.69 Å². The Hall–Kier alpha value is -2.47. The van der Waals surface area contributed by atoms with E-state index in [1.54, 1.807) is 6.19 Å². The zero-order valence-electron chi connectivity index (χ0n) is 10.1. The number of methoxy groups -OCH3 is 1. The van der Waals surface area contributed by atoms with E-state index in [4.69, 9.17) is 10.00 Å². The van der Waals surface area contributed by atoms with Gasteiger partial charge in [0.25, 0.3) is 5.88 Å². The molecule has 1 N–H and O–H groups in total. The Labute approximate surface area is 121 Å². The van der Waals surface area contributed by atoms with Crippen molar-refractivity contribution in [3.63, 3.8) is 0 Å². The molecule has 2 rings (SSSR count). The standard InChI is InChI=1S/C11H7BrFN5O2/c1-19-11-9(17-20-18-11)10(15-5-14)16-6-2-3-8(13)7(12)4-6/h2-4H,1H3,(H,15,16). The van der Waals surface area contributed by atoms with Gasteiger partial charge >= 0.3 is 0 Å². The molecule has 0 aliphatic carbocycles. The van der Waals surface area contributed by atoms with Crippen molar-refractivity contribution in [2.75, 3.05) is 12.4 Å². The number of aromatic nitrogens is 2. The van der Waals surface area contributed by atoms with Crippen molar-refractivity contribution >= 4 is 27.5 Å². The Kier molecular flexibility index (Phi) is 4.27. The number of benzene rings is 1. The normalized spacial score (nSPS) is 11.0. The Morgan fingerprint density at radius 2 is 2.35 bits per heavy atom. The number of halogens is 2. The van der Waals surface area contributed by atoms with E-state index in [2.05, 4.69) is 41.2 Å². The van der Waals surface area contributed by atoms with Gasteiger partial charge in [-0.3, -0.25) is 0 Å². The van der Waals surface area contributed by atoms with Crippen LogP contribution >= 0.6 is 15.9 Å². The van der Waals surface area contributed by atoms with Crippen molar-refractivity contribution < 1.29 is 13.8 Å². The van der Waals surface area contributed by atoms with E-state index >= 15 is 0 Å². The van der Waals surface area contributed by atoms with Crippen LogP contribution in [0.25, 0.3) is 0 Å². The lowest BCUT2D eigenvalue weighted by Crippen LogP contribution is -2.15. The summed E-state index contributed by atoms with van der Waals surface area (Å²) in [5, 5.41) is 18.6. The molecule has 0 saturated carbocycles. The number of amidine groups is 1. The molecule has 0 amide bonds. The summed E-state index contributed by atoms with van der Waals surface area (Å²) >= 11 is 3.06. The van der Waals surface area contributed by atoms with Crippen LogP contribution in [0.2, 0.25) is 0 Å². The molecule has 0 radical (unpaired) electrons. The monoisotopic (exact) mass is 339 g/mol. The van der Waals surface area contributed by atoms with Crippen LogP contribution in [-0.2, 0) is 0 Å². The highest BCUT2D eigenvalue weighted by Crippen LogP contribution is 2.21. The fourth-order valence-electron chi connectivity index (χ4n) is 1.36. The number of nitriles is 1. The number of anilines is 1. The Bertz CT molecular complexity index is 694. The third-order valence-corrected chi connectivity index (χ3v) is 2.83. The molecule has 0 fully saturated rings. The average Bonchev–Trinajstić information content (AvgIpc) is 2.90. The first-order valence-electron chi connectivity index (χ1n) is 5.21. The lowest BCUT2D eigenvalue weighted by atomic mass is 10.3. The lowest BCUT2D eigenvalue weighted by molar-refractivity contribution is 0.281. The van der Waals surface area contributed by atoms with E-state index in [1.807, 2.05) is 0 Å². The zero-order valence-corrected chi connectivity index (χ0v) is 11.7. The molecular weight excluding hydrogens is 333 g/mol. The topological polar surface area (TPSA) is 96.3 Å². The molecular formula is C11H7BrFN5O2. The first-order chi connectivity index (χ1) is 9.65. The SMILES string of the molecule is COc1nonc1/C(=N/C#N)Nc1ccc(F)c(Br)c1. The van der Waals surface area contributed by atoms with Gasteiger partial charge in [0.2, 0.25) is 11.9 Å². The molecule has 9 heteroatoms. The highest BCUT2D eigenvalue weighted by Gasteiger charge is 2.18. The van der Waals surface area contributed by atoms with E-state index in [1.165, 1.54) is 25.3 Å². The summed E-state index contributed by atoms with van der Waals surface area (Å²) in [4.78, 5) is 3.58. The maximum absolute atomic E-state index is 13.2. The van der Waals surface area contributed by atoms with Gasteiger partial charge in [0.05, 0.1) is 11.6 Å². The summed E-state index contributed by atoms with van der Waals surface area (Å²) in [5.41, 5.74) is 0.631. The number of hydrogen-bond acceptors (Lipinski definition) is 6. The molecule has 0 saturated heterocycles. The van der Waals surface area contributed by atoms with Crippen molar-refractivity contribution in [1.82, 2.24) is 10.3 Å². The molecule has 20 heavy (non-hydrogen) atoms. The number of nitrogens with zero attached hydrogens (tertiary/aromatic N) is 4. The van der Waals surface area contributed by atoms with Gasteiger partial charge in [-0.05, 0) is 44.4 Å². The smallest absolute Gasteiger partial charge is 0.286 e. The second-order valence-corrected chi connectivity index (χ2v) is 4.29. The summed E-state index contributed by atoms with van der Waals surface area (Å²) in [7, 11) is 1.38. The van der Waals surface area contributed by atoms with E-state index < -0.39 is 5.82 Å². The van der Waals surface area contributed by atoms with E-state index in [-0.39, 0.29) is 21.9 Å². The highest BCUT2D eigenvalue weighted by molar-refractivity contribution is 9.10. The first kappa shape index (κ1) is 14.0. The van der Waals surface area contributed by atoms with Gasteiger partial charge in [0.15, 0.2) is 5.84 Å². The first-order valence-corrected chi connectivity index (χ1v) is 6.00. The summed E-state index contributed by atoms with van der Waals surface area (Å²) in [6.45, 7) is 0. The fraction of sp³-hybridized carbons (Fsp3) is 0.0909. The molecule has 0 aliphatic rings. The van der Waals surface area contributed by atoms with Crippen LogP contribution in [0, 0.1) is 17.3 Å². The largest absolute Gasteiger partial charge is 0.477 e. The second-order valence-electron chi connectivity index (χ2n) is 3.44.